The van der Waals surface area contributed by atoms with Gasteiger partial charge in [-0.05, 0) is 31.5 Å². The summed E-state index contributed by atoms with van der Waals surface area (Å²) in [6.07, 6.45) is 1.63. The van der Waals surface area contributed by atoms with Crippen molar-refractivity contribution in [1.29, 1.82) is 0 Å². The molecule has 0 N–H and O–H groups in total. The molecular weight excluding hydrogens is 306 g/mol. The topological polar surface area (TPSA) is 37.4 Å². The van der Waals surface area contributed by atoms with Crippen LogP contribution in [0.4, 0.5) is 0 Å². The molecule has 0 unspecified atom stereocenters. The van der Waals surface area contributed by atoms with Gasteiger partial charge in [-0.25, -0.2) is 12.7 Å². The fourth-order valence-electron chi connectivity index (χ4n) is 1.94. The summed E-state index contributed by atoms with van der Waals surface area (Å²) < 4.78 is 34.6. The van der Waals surface area contributed by atoms with Gasteiger partial charge < -0.3 is 0 Å². The van der Waals surface area contributed by atoms with Crippen molar-refractivity contribution in [1.82, 2.24) is 4.31 Å². The van der Waals surface area contributed by atoms with Crippen molar-refractivity contribution in [2.45, 2.75) is 18.7 Å². The SMILES string of the molecule is [2H]/C(=C\c1ccccc1)CN(C#CC)S(=O)(=O)c1ccc(C)cc1. The molecule has 0 bridgehead atoms. The summed E-state index contributed by atoms with van der Waals surface area (Å²) in [5.41, 5.74) is 1.83. The highest BCUT2D eigenvalue weighted by Crippen LogP contribution is 2.16. The lowest BCUT2D eigenvalue weighted by Gasteiger charge is -2.16. The molecule has 0 saturated carbocycles. The summed E-state index contributed by atoms with van der Waals surface area (Å²) >= 11 is 0. The maximum Gasteiger partial charge on any atom is 0.271 e. The molecule has 2 aromatic carbocycles. The lowest BCUT2D eigenvalue weighted by molar-refractivity contribution is 0.533. The van der Waals surface area contributed by atoms with Crippen LogP contribution in [0.2, 0.25) is 0 Å². The molecule has 0 spiro atoms. The molecule has 2 rings (SSSR count). The van der Waals surface area contributed by atoms with Gasteiger partial charge in [-0.3, -0.25) is 0 Å². The highest BCUT2D eigenvalue weighted by atomic mass is 32.2. The molecule has 0 aliphatic carbocycles. The van der Waals surface area contributed by atoms with Crippen molar-refractivity contribution in [2.24, 2.45) is 0 Å². The van der Waals surface area contributed by atoms with Gasteiger partial charge in [0.1, 0.15) is 0 Å². The number of hydrogen-bond acceptors (Lipinski definition) is 2. The average molecular weight is 326 g/mol. The Balaban J connectivity index is 2.30. The van der Waals surface area contributed by atoms with Crippen LogP contribution in [0.3, 0.4) is 0 Å². The molecule has 118 valence electrons. The molecule has 0 aliphatic rings. The standard InChI is InChI=1S/C19H19NO2S/c1-3-15-20(16-7-10-18-8-5-4-6-9-18)23(21,22)19-13-11-17(2)12-14-19/h4-14H,16H2,1-2H3/b10-7+/i7D. The number of benzene rings is 2. The van der Waals surface area contributed by atoms with Gasteiger partial charge in [0.2, 0.25) is 0 Å². The Labute approximate surface area is 139 Å². The smallest absolute Gasteiger partial charge is 0.221 e. The molecule has 0 fully saturated rings. The van der Waals surface area contributed by atoms with Crippen LogP contribution in [0, 0.1) is 18.9 Å². The van der Waals surface area contributed by atoms with Crippen molar-refractivity contribution in [3.05, 3.63) is 71.8 Å². The predicted octanol–water partition coefficient (Wildman–Crippen LogP) is 3.68. The van der Waals surface area contributed by atoms with E-state index in [4.69, 9.17) is 1.37 Å². The van der Waals surface area contributed by atoms with Gasteiger partial charge in [0.05, 0.1) is 12.8 Å². The maximum absolute atomic E-state index is 12.7. The van der Waals surface area contributed by atoms with E-state index in [1.807, 2.05) is 37.3 Å². The highest BCUT2D eigenvalue weighted by Gasteiger charge is 2.20. The molecule has 23 heavy (non-hydrogen) atoms. The summed E-state index contributed by atoms with van der Waals surface area (Å²) in [5, 5.41) is 0. The Morgan fingerprint density at radius 1 is 1.13 bits per heavy atom. The molecule has 2 aromatic rings. The van der Waals surface area contributed by atoms with Crippen LogP contribution >= 0.6 is 0 Å². The van der Waals surface area contributed by atoms with E-state index in [0.717, 1.165) is 15.4 Å². The lowest BCUT2D eigenvalue weighted by Crippen LogP contribution is -2.26. The van der Waals surface area contributed by atoms with E-state index in [9.17, 15) is 8.42 Å². The first-order valence-electron chi connectivity index (χ1n) is 7.67. The van der Waals surface area contributed by atoms with Crippen LogP contribution in [-0.2, 0) is 10.0 Å². The Hall–Kier alpha value is -2.51. The third kappa shape index (κ3) is 4.48. The van der Waals surface area contributed by atoms with Crippen LogP contribution in [0.5, 0.6) is 0 Å². The zero-order valence-corrected chi connectivity index (χ0v) is 14.0. The highest BCUT2D eigenvalue weighted by molar-refractivity contribution is 7.89. The average Bonchev–Trinajstić information content (AvgIpc) is 2.55. The Morgan fingerprint density at radius 3 is 2.39 bits per heavy atom. The maximum atomic E-state index is 12.7. The third-order valence-corrected chi connectivity index (χ3v) is 4.82. The van der Waals surface area contributed by atoms with E-state index in [-0.39, 0.29) is 17.5 Å². The summed E-state index contributed by atoms with van der Waals surface area (Å²) in [5.74, 6) is 2.61. The monoisotopic (exact) mass is 326 g/mol. The second-order valence-electron chi connectivity index (χ2n) is 4.95. The van der Waals surface area contributed by atoms with Gasteiger partial charge >= 0.3 is 0 Å². The van der Waals surface area contributed by atoms with Crippen LogP contribution in [0.15, 0.2) is 65.5 Å². The van der Waals surface area contributed by atoms with Gasteiger partial charge in [0.15, 0.2) is 0 Å². The molecule has 3 nitrogen and oxygen atoms in total. The molecule has 0 amide bonds. The fraction of sp³-hybridized carbons (Fsp3) is 0.158. The Kier molecular flexibility index (Phi) is 5.13. The zero-order valence-electron chi connectivity index (χ0n) is 14.2. The second-order valence-corrected chi connectivity index (χ2v) is 6.81. The van der Waals surface area contributed by atoms with Crippen molar-refractivity contribution in [3.8, 4) is 12.0 Å². The summed E-state index contributed by atoms with van der Waals surface area (Å²) in [6.45, 7) is 3.36. The first-order chi connectivity index (χ1) is 11.4. The van der Waals surface area contributed by atoms with Crippen molar-refractivity contribution >= 4 is 16.1 Å². The molecule has 0 atom stereocenters. The second kappa shape index (κ2) is 7.66. The number of hydrogen-bond donors (Lipinski definition) is 0. The minimum absolute atomic E-state index is 0.105. The molecule has 0 radical (unpaired) electrons. The normalized spacial score (nSPS) is 12.1. The minimum atomic E-state index is -3.77. The molecule has 4 heteroatoms. The number of nitrogens with zero attached hydrogens (tertiary/aromatic N) is 1. The quantitative estimate of drug-likeness (QED) is 0.621. The molecule has 0 saturated heterocycles. The van der Waals surface area contributed by atoms with Gasteiger partial charge in [-0.15, -0.1) is 0 Å². The van der Waals surface area contributed by atoms with Crippen LogP contribution in [0.25, 0.3) is 6.08 Å². The van der Waals surface area contributed by atoms with Gasteiger partial charge in [-0.1, -0.05) is 66.1 Å². The molecular formula is C19H19NO2S. The minimum Gasteiger partial charge on any atom is -0.221 e. The van der Waals surface area contributed by atoms with E-state index >= 15 is 0 Å². The number of sulfonamides is 1. The van der Waals surface area contributed by atoms with E-state index in [1.165, 1.54) is 0 Å². The van der Waals surface area contributed by atoms with Gasteiger partial charge in [0, 0.05) is 6.04 Å². The third-order valence-electron chi connectivity index (χ3n) is 3.15. The van der Waals surface area contributed by atoms with Gasteiger partial charge in [-0.2, -0.15) is 0 Å². The molecule has 0 aromatic heterocycles. The first kappa shape index (κ1) is 15.4. The van der Waals surface area contributed by atoms with Crippen molar-refractivity contribution in [3.63, 3.8) is 0 Å². The van der Waals surface area contributed by atoms with Crippen molar-refractivity contribution < 1.29 is 9.79 Å². The molecule has 0 aliphatic heterocycles. The van der Waals surface area contributed by atoms with E-state index in [2.05, 4.69) is 12.0 Å². The Bertz CT molecular complexity index is 876. The van der Waals surface area contributed by atoms with Crippen LogP contribution in [-0.4, -0.2) is 19.3 Å². The van der Waals surface area contributed by atoms with Crippen molar-refractivity contribution in [2.75, 3.05) is 6.54 Å². The largest absolute Gasteiger partial charge is 0.271 e. The molecule has 0 heterocycles. The Morgan fingerprint density at radius 2 is 1.78 bits per heavy atom. The van der Waals surface area contributed by atoms with Gasteiger partial charge in [0.25, 0.3) is 10.0 Å². The lowest BCUT2D eigenvalue weighted by atomic mass is 10.2. The van der Waals surface area contributed by atoms with Crippen LogP contribution < -0.4 is 0 Å². The van der Waals surface area contributed by atoms with E-state index < -0.39 is 10.0 Å². The summed E-state index contributed by atoms with van der Waals surface area (Å²) in [7, 11) is -3.77. The zero-order chi connectivity index (χ0) is 17.6. The summed E-state index contributed by atoms with van der Waals surface area (Å²) in [6, 6.07) is 18.7. The first-order valence-corrected chi connectivity index (χ1v) is 8.61. The van der Waals surface area contributed by atoms with E-state index in [1.54, 1.807) is 37.3 Å². The van der Waals surface area contributed by atoms with Crippen LogP contribution in [0.1, 0.15) is 19.4 Å². The summed E-state index contributed by atoms with van der Waals surface area (Å²) in [4.78, 5) is 0.170. The number of rotatable bonds is 5. The van der Waals surface area contributed by atoms with E-state index in [0.29, 0.717) is 0 Å². The predicted molar refractivity (Wildman–Crippen MR) is 94.0 cm³/mol. The fourth-order valence-corrected chi connectivity index (χ4v) is 3.13. The number of aryl methyl sites for hydroxylation is 1.